The van der Waals surface area contributed by atoms with Gasteiger partial charge in [-0.05, 0) is 27.2 Å². The van der Waals surface area contributed by atoms with Crippen molar-refractivity contribution in [1.82, 2.24) is 5.32 Å². The molecule has 112 valence electrons. The Kier molecular flexibility index (Phi) is 10.9. The van der Waals surface area contributed by atoms with Crippen LogP contribution in [0.25, 0.3) is 0 Å². The Morgan fingerprint density at radius 2 is 1.74 bits per heavy atom. The Labute approximate surface area is 119 Å². The van der Waals surface area contributed by atoms with Gasteiger partial charge >= 0.3 is 0 Å². The van der Waals surface area contributed by atoms with Gasteiger partial charge in [0.2, 0.25) is 0 Å². The lowest BCUT2D eigenvalue weighted by Gasteiger charge is -2.25. The van der Waals surface area contributed by atoms with Crippen molar-refractivity contribution in [3.05, 3.63) is 0 Å². The molecule has 1 atom stereocenters. The van der Waals surface area contributed by atoms with Crippen LogP contribution in [-0.4, -0.2) is 24.8 Å². The van der Waals surface area contributed by atoms with E-state index in [0.29, 0.717) is 12.6 Å². The van der Waals surface area contributed by atoms with Crippen LogP contribution in [0.1, 0.15) is 72.6 Å². The smallest absolute Gasteiger partial charge is 0.106 e. The van der Waals surface area contributed by atoms with Crippen LogP contribution in [0.3, 0.4) is 0 Å². The summed E-state index contributed by atoms with van der Waals surface area (Å²) in [5.74, 6) is 0. The maximum Gasteiger partial charge on any atom is 0.106 e. The monoisotopic (exact) mass is 268 g/mol. The molecule has 0 aromatic carbocycles. The van der Waals surface area contributed by atoms with Gasteiger partial charge in [0.25, 0.3) is 0 Å². The van der Waals surface area contributed by atoms with Crippen LogP contribution in [0, 0.1) is 11.3 Å². The molecule has 1 N–H and O–H groups in total. The summed E-state index contributed by atoms with van der Waals surface area (Å²) >= 11 is 0. The molecule has 1 unspecified atom stereocenters. The van der Waals surface area contributed by atoms with E-state index < -0.39 is 5.54 Å². The molecule has 3 heteroatoms. The third kappa shape index (κ3) is 11.0. The molecule has 0 rings (SSSR count). The maximum atomic E-state index is 9.19. The Morgan fingerprint density at radius 1 is 1.11 bits per heavy atom. The fraction of sp³-hybridized carbons (Fsp3) is 0.938. The number of unbranched alkanes of at least 4 members (excludes halogenated alkanes) is 5. The molecule has 0 saturated heterocycles. The lowest BCUT2D eigenvalue weighted by Crippen LogP contribution is -2.45. The van der Waals surface area contributed by atoms with E-state index in [1.165, 1.54) is 32.1 Å². The molecule has 0 amide bonds. The van der Waals surface area contributed by atoms with Gasteiger partial charge in [-0.25, -0.2) is 0 Å². The summed E-state index contributed by atoms with van der Waals surface area (Å²) in [4.78, 5) is 0. The zero-order valence-corrected chi connectivity index (χ0v) is 13.3. The Bertz CT molecular complexity index is 248. The van der Waals surface area contributed by atoms with Crippen molar-refractivity contribution < 1.29 is 4.74 Å². The minimum Gasteiger partial charge on any atom is -0.381 e. The van der Waals surface area contributed by atoms with Gasteiger partial charge in [0.05, 0.1) is 6.07 Å². The van der Waals surface area contributed by atoms with E-state index in [9.17, 15) is 5.26 Å². The van der Waals surface area contributed by atoms with Crippen LogP contribution in [-0.2, 0) is 4.74 Å². The molecule has 0 radical (unpaired) electrons. The molecule has 0 spiro atoms. The average molecular weight is 268 g/mol. The summed E-state index contributed by atoms with van der Waals surface area (Å²) < 4.78 is 5.63. The number of nitriles is 1. The molecule has 3 nitrogen and oxygen atoms in total. The van der Waals surface area contributed by atoms with Crippen LogP contribution < -0.4 is 5.32 Å². The standard InChI is InChI=1S/C16H32N2O/c1-5-6-7-8-9-10-12-19-13-11-16(4,14-17)18-15(2)3/h15,18H,5-13H2,1-4H3. The number of ether oxygens (including phenoxy) is 1. The number of hydrogen-bond acceptors (Lipinski definition) is 3. The summed E-state index contributed by atoms with van der Waals surface area (Å²) in [6.07, 6.45) is 8.47. The van der Waals surface area contributed by atoms with Gasteiger partial charge < -0.3 is 4.74 Å². The van der Waals surface area contributed by atoms with E-state index in [1.807, 2.05) is 6.92 Å². The minimum absolute atomic E-state index is 0.322. The highest BCUT2D eigenvalue weighted by Gasteiger charge is 2.23. The highest BCUT2D eigenvalue weighted by atomic mass is 16.5. The molecular weight excluding hydrogens is 236 g/mol. The molecule has 0 aliphatic carbocycles. The van der Waals surface area contributed by atoms with E-state index in [1.54, 1.807) is 0 Å². The number of rotatable bonds is 12. The molecule has 0 heterocycles. The van der Waals surface area contributed by atoms with Gasteiger partial charge in [-0.1, -0.05) is 39.0 Å². The highest BCUT2D eigenvalue weighted by Crippen LogP contribution is 2.10. The second kappa shape index (κ2) is 11.3. The molecule has 0 aliphatic heterocycles. The molecule has 0 fully saturated rings. The summed E-state index contributed by atoms with van der Waals surface area (Å²) in [5, 5.41) is 12.5. The topological polar surface area (TPSA) is 45.0 Å². The van der Waals surface area contributed by atoms with Gasteiger partial charge in [0, 0.05) is 25.7 Å². The van der Waals surface area contributed by atoms with Crippen molar-refractivity contribution in [2.75, 3.05) is 13.2 Å². The van der Waals surface area contributed by atoms with Crippen LogP contribution in [0.2, 0.25) is 0 Å². The Morgan fingerprint density at radius 3 is 2.32 bits per heavy atom. The number of nitrogens with one attached hydrogen (secondary N) is 1. The molecule has 19 heavy (non-hydrogen) atoms. The fourth-order valence-electron chi connectivity index (χ4n) is 2.16. The highest BCUT2D eigenvalue weighted by molar-refractivity contribution is 5.04. The molecule has 0 aliphatic rings. The summed E-state index contributed by atoms with van der Waals surface area (Å²) in [6.45, 7) is 9.80. The largest absolute Gasteiger partial charge is 0.381 e. The van der Waals surface area contributed by atoms with Crippen molar-refractivity contribution in [3.63, 3.8) is 0 Å². The Balaban J connectivity index is 3.49. The SMILES string of the molecule is CCCCCCCCOCCC(C)(C#N)NC(C)C. The Hall–Kier alpha value is -0.590. The summed E-state index contributed by atoms with van der Waals surface area (Å²) in [5.41, 5.74) is -0.463. The molecule has 0 saturated carbocycles. The first-order chi connectivity index (χ1) is 9.04. The normalized spacial score (nSPS) is 14.3. The van der Waals surface area contributed by atoms with Crippen molar-refractivity contribution in [1.29, 1.82) is 5.26 Å². The van der Waals surface area contributed by atoms with Gasteiger partial charge in [0.15, 0.2) is 0 Å². The van der Waals surface area contributed by atoms with Crippen molar-refractivity contribution in [2.24, 2.45) is 0 Å². The van der Waals surface area contributed by atoms with Crippen molar-refractivity contribution >= 4 is 0 Å². The third-order valence-electron chi connectivity index (χ3n) is 3.24. The molecule has 0 aromatic heterocycles. The van der Waals surface area contributed by atoms with Gasteiger partial charge in [-0.3, -0.25) is 5.32 Å². The van der Waals surface area contributed by atoms with E-state index in [4.69, 9.17) is 4.74 Å². The lowest BCUT2D eigenvalue weighted by molar-refractivity contribution is 0.113. The second-order valence-corrected chi connectivity index (χ2v) is 5.87. The molecule has 0 bridgehead atoms. The molecular formula is C16H32N2O. The quantitative estimate of drug-likeness (QED) is 0.543. The van der Waals surface area contributed by atoms with E-state index in [-0.39, 0.29) is 0 Å². The maximum absolute atomic E-state index is 9.19. The van der Waals surface area contributed by atoms with Crippen molar-refractivity contribution in [2.45, 2.75) is 84.2 Å². The van der Waals surface area contributed by atoms with E-state index in [0.717, 1.165) is 19.4 Å². The number of nitrogens with zero attached hydrogens (tertiary/aromatic N) is 1. The predicted molar refractivity (Wildman–Crippen MR) is 81.1 cm³/mol. The predicted octanol–water partition coefficient (Wildman–Crippen LogP) is 4.03. The summed E-state index contributed by atoms with van der Waals surface area (Å²) in [6, 6.07) is 2.67. The lowest BCUT2D eigenvalue weighted by atomic mass is 9.99. The number of hydrogen-bond donors (Lipinski definition) is 1. The van der Waals surface area contributed by atoms with E-state index >= 15 is 0 Å². The third-order valence-corrected chi connectivity index (χ3v) is 3.24. The molecule has 0 aromatic rings. The van der Waals surface area contributed by atoms with Crippen molar-refractivity contribution in [3.8, 4) is 6.07 Å². The van der Waals surface area contributed by atoms with Gasteiger partial charge in [-0.2, -0.15) is 5.26 Å². The minimum atomic E-state index is -0.463. The van der Waals surface area contributed by atoms with E-state index in [2.05, 4.69) is 32.2 Å². The first-order valence-corrected chi connectivity index (χ1v) is 7.80. The second-order valence-electron chi connectivity index (χ2n) is 5.87. The van der Waals surface area contributed by atoms with Gasteiger partial charge in [-0.15, -0.1) is 0 Å². The van der Waals surface area contributed by atoms with Gasteiger partial charge in [0.1, 0.15) is 5.54 Å². The first-order valence-electron chi connectivity index (χ1n) is 7.80. The van der Waals surface area contributed by atoms with Crippen LogP contribution in [0.5, 0.6) is 0 Å². The zero-order chi connectivity index (χ0) is 14.6. The van der Waals surface area contributed by atoms with Crippen LogP contribution >= 0.6 is 0 Å². The summed E-state index contributed by atoms with van der Waals surface area (Å²) in [7, 11) is 0. The van der Waals surface area contributed by atoms with Crippen LogP contribution in [0.4, 0.5) is 0 Å². The zero-order valence-electron chi connectivity index (χ0n) is 13.3. The average Bonchev–Trinajstić information content (AvgIpc) is 2.36. The van der Waals surface area contributed by atoms with Crippen LogP contribution in [0.15, 0.2) is 0 Å². The first kappa shape index (κ1) is 18.4. The fourth-order valence-corrected chi connectivity index (χ4v) is 2.16.